The Labute approximate surface area is 184 Å². The molecule has 1 heterocycles. The molecule has 0 saturated heterocycles. The minimum atomic E-state index is -0.399. The molecule has 31 heavy (non-hydrogen) atoms. The second-order valence-electron chi connectivity index (χ2n) is 8.99. The molecule has 0 aliphatic heterocycles. The number of hydrogen-bond acceptors (Lipinski definition) is 2. The highest BCUT2D eigenvalue weighted by Gasteiger charge is 2.22. The summed E-state index contributed by atoms with van der Waals surface area (Å²) in [6, 6.07) is 11.6. The van der Waals surface area contributed by atoms with E-state index in [0.29, 0.717) is 39.6 Å². The van der Waals surface area contributed by atoms with Crippen molar-refractivity contribution in [3.8, 4) is 22.3 Å². The van der Waals surface area contributed by atoms with Crippen LogP contribution in [0.5, 0.6) is 0 Å². The predicted molar refractivity (Wildman–Crippen MR) is 126 cm³/mol. The van der Waals surface area contributed by atoms with Crippen molar-refractivity contribution in [3.63, 3.8) is 0 Å². The number of hydrogen-bond donors (Lipinski definition) is 1. The highest BCUT2D eigenvalue weighted by molar-refractivity contribution is 5.78. The van der Waals surface area contributed by atoms with Crippen LogP contribution in [0.3, 0.4) is 0 Å². The molecule has 0 aliphatic rings. The van der Waals surface area contributed by atoms with E-state index in [2.05, 4.69) is 24.1 Å². The molecule has 0 fully saturated rings. The maximum atomic E-state index is 15.5. The Balaban J connectivity index is 1.99. The van der Waals surface area contributed by atoms with E-state index in [1.54, 1.807) is 32.2 Å². The summed E-state index contributed by atoms with van der Waals surface area (Å²) in [5.74, 6) is 0.564. The fourth-order valence-electron chi connectivity index (χ4n) is 3.83. The van der Waals surface area contributed by atoms with E-state index in [1.807, 2.05) is 38.1 Å². The van der Waals surface area contributed by atoms with Gasteiger partial charge in [-0.15, -0.1) is 0 Å². The third-order valence-electron chi connectivity index (χ3n) is 5.59. The van der Waals surface area contributed by atoms with E-state index in [-0.39, 0.29) is 17.4 Å². The molecule has 2 nitrogen and oxygen atoms in total. The lowest BCUT2D eigenvalue weighted by molar-refractivity contribution is 0.586. The number of nitrogens with one attached hydrogen (secondary N) is 1. The van der Waals surface area contributed by atoms with Gasteiger partial charge in [-0.1, -0.05) is 38.1 Å². The second-order valence-corrected chi connectivity index (χ2v) is 8.99. The zero-order chi connectivity index (χ0) is 22.7. The lowest BCUT2D eigenvalue weighted by atomic mass is 9.90. The van der Waals surface area contributed by atoms with Gasteiger partial charge in [-0.05, 0) is 80.8 Å². The molecule has 0 spiro atoms. The number of aromatic nitrogens is 1. The Morgan fingerprint density at radius 1 is 0.806 bits per heavy atom. The molecular weight excluding hydrogens is 390 g/mol. The van der Waals surface area contributed by atoms with E-state index in [9.17, 15) is 0 Å². The summed E-state index contributed by atoms with van der Waals surface area (Å²) >= 11 is 0. The Hall–Kier alpha value is -2.75. The fourth-order valence-corrected chi connectivity index (χ4v) is 3.83. The summed E-state index contributed by atoms with van der Waals surface area (Å²) in [5.41, 5.74) is 3.71. The van der Waals surface area contributed by atoms with Gasteiger partial charge in [0.1, 0.15) is 17.5 Å². The molecule has 3 aromatic rings. The first-order chi connectivity index (χ1) is 14.7. The van der Waals surface area contributed by atoms with Gasteiger partial charge in [-0.25, -0.2) is 13.8 Å². The minimum Gasteiger partial charge on any atom is -0.368 e. The third kappa shape index (κ3) is 5.12. The molecule has 1 N–H and O–H groups in total. The van der Waals surface area contributed by atoms with Crippen LogP contribution in [0.1, 0.15) is 50.8 Å². The average molecular weight is 423 g/mol. The SMILES string of the molecule is Cc1c(F)c(-c2ccc(NC(C)C)nc2)c(C)c(F)c1-c1ccc(CCC(C)C)cc1. The molecule has 0 bridgehead atoms. The van der Waals surface area contributed by atoms with Gasteiger partial charge in [-0.2, -0.15) is 0 Å². The Kier molecular flexibility index (Phi) is 7.09. The number of anilines is 1. The minimum absolute atomic E-state index is 0.243. The van der Waals surface area contributed by atoms with Crippen LogP contribution in [0, 0.1) is 31.4 Å². The van der Waals surface area contributed by atoms with Gasteiger partial charge in [0, 0.05) is 28.9 Å². The molecular formula is C27H32F2N2. The quantitative estimate of drug-likeness (QED) is 0.421. The van der Waals surface area contributed by atoms with Crippen LogP contribution in [-0.4, -0.2) is 11.0 Å². The number of halogens is 2. The first kappa shape index (κ1) is 22.9. The summed E-state index contributed by atoms with van der Waals surface area (Å²) in [4.78, 5) is 4.36. The van der Waals surface area contributed by atoms with Gasteiger partial charge in [0.25, 0.3) is 0 Å². The van der Waals surface area contributed by atoms with Gasteiger partial charge in [0.05, 0.1) is 0 Å². The van der Waals surface area contributed by atoms with Crippen LogP contribution in [0.4, 0.5) is 14.6 Å². The molecule has 0 unspecified atom stereocenters. The van der Waals surface area contributed by atoms with E-state index in [1.165, 1.54) is 5.56 Å². The molecule has 3 rings (SSSR count). The molecule has 0 saturated carbocycles. The monoisotopic (exact) mass is 422 g/mol. The summed E-state index contributed by atoms with van der Waals surface area (Å²) in [7, 11) is 0. The van der Waals surface area contributed by atoms with Crippen LogP contribution in [0.2, 0.25) is 0 Å². The van der Waals surface area contributed by atoms with Crippen LogP contribution in [-0.2, 0) is 6.42 Å². The van der Waals surface area contributed by atoms with Crippen LogP contribution >= 0.6 is 0 Å². The number of aryl methyl sites for hydroxylation is 1. The topological polar surface area (TPSA) is 24.9 Å². The Morgan fingerprint density at radius 3 is 1.84 bits per heavy atom. The average Bonchev–Trinajstić information content (AvgIpc) is 2.73. The maximum absolute atomic E-state index is 15.5. The van der Waals surface area contributed by atoms with Gasteiger partial charge in [0.2, 0.25) is 0 Å². The second kappa shape index (κ2) is 9.59. The molecule has 0 atom stereocenters. The van der Waals surface area contributed by atoms with Gasteiger partial charge < -0.3 is 5.32 Å². The maximum Gasteiger partial charge on any atom is 0.135 e. The number of benzene rings is 2. The third-order valence-corrected chi connectivity index (χ3v) is 5.59. The van der Waals surface area contributed by atoms with Gasteiger partial charge in [0.15, 0.2) is 0 Å². The molecule has 2 aromatic carbocycles. The molecule has 4 heteroatoms. The van der Waals surface area contributed by atoms with Crippen LogP contribution < -0.4 is 5.32 Å². The molecule has 1 aromatic heterocycles. The highest BCUT2D eigenvalue weighted by Crippen LogP contribution is 2.38. The van der Waals surface area contributed by atoms with Crippen molar-refractivity contribution in [2.45, 2.75) is 60.4 Å². The predicted octanol–water partition coefficient (Wildman–Crippen LogP) is 7.72. The van der Waals surface area contributed by atoms with E-state index in [0.717, 1.165) is 12.8 Å². The fraction of sp³-hybridized carbons (Fsp3) is 0.370. The summed E-state index contributed by atoms with van der Waals surface area (Å²) in [6.07, 6.45) is 3.69. The molecule has 0 radical (unpaired) electrons. The lowest BCUT2D eigenvalue weighted by Gasteiger charge is -2.17. The molecule has 164 valence electrons. The number of rotatable bonds is 7. The zero-order valence-corrected chi connectivity index (χ0v) is 19.3. The van der Waals surface area contributed by atoms with Crippen LogP contribution in [0.25, 0.3) is 22.3 Å². The largest absolute Gasteiger partial charge is 0.368 e. The van der Waals surface area contributed by atoms with Crippen molar-refractivity contribution in [1.29, 1.82) is 0 Å². The van der Waals surface area contributed by atoms with Crippen molar-refractivity contribution < 1.29 is 8.78 Å². The van der Waals surface area contributed by atoms with E-state index in [4.69, 9.17) is 0 Å². The van der Waals surface area contributed by atoms with Crippen molar-refractivity contribution in [1.82, 2.24) is 4.98 Å². The van der Waals surface area contributed by atoms with Crippen LogP contribution in [0.15, 0.2) is 42.6 Å². The molecule has 0 amide bonds. The smallest absolute Gasteiger partial charge is 0.135 e. The van der Waals surface area contributed by atoms with Crippen molar-refractivity contribution >= 4 is 5.82 Å². The highest BCUT2D eigenvalue weighted by atomic mass is 19.1. The van der Waals surface area contributed by atoms with Gasteiger partial charge in [-0.3, -0.25) is 0 Å². The normalized spacial score (nSPS) is 11.4. The molecule has 0 aliphatic carbocycles. The van der Waals surface area contributed by atoms with Crippen molar-refractivity contribution in [2.75, 3.05) is 5.32 Å². The van der Waals surface area contributed by atoms with Crippen molar-refractivity contribution in [2.24, 2.45) is 5.92 Å². The first-order valence-corrected chi connectivity index (χ1v) is 11.0. The summed E-state index contributed by atoms with van der Waals surface area (Å²) in [5, 5.41) is 3.21. The summed E-state index contributed by atoms with van der Waals surface area (Å²) in [6.45, 7) is 11.7. The van der Waals surface area contributed by atoms with Crippen molar-refractivity contribution in [3.05, 3.63) is 70.9 Å². The lowest BCUT2D eigenvalue weighted by Crippen LogP contribution is -2.10. The van der Waals surface area contributed by atoms with E-state index >= 15 is 8.78 Å². The zero-order valence-electron chi connectivity index (χ0n) is 19.3. The number of pyridine rings is 1. The standard InChI is InChI=1S/C27H32F2N2/c1-16(2)7-8-20-9-11-21(12-10-20)24-18(5)27(29)25(19(6)26(24)28)22-13-14-23(30-15-22)31-17(3)4/h9-17H,7-8H2,1-6H3,(H,30,31). The number of nitrogens with zero attached hydrogens (tertiary/aromatic N) is 1. The first-order valence-electron chi connectivity index (χ1n) is 11.0. The Bertz CT molecular complexity index is 1010. The Morgan fingerprint density at radius 2 is 1.35 bits per heavy atom. The van der Waals surface area contributed by atoms with E-state index < -0.39 is 5.82 Å². The van der Waals surface area contributed by atoms with Gasteiger partial charge >= 0.3 is 0 Å². The summed E-state index contributed by atoms with van der Waals surface area (Å²) < 4.78 is 30.9.